The van der Waals surface area contributed by atoms with Crippen molar-refractivity contribution < 1.29 is 14.2 Å². The Morgan fingerprint density at radius 1 is 1.56 bits per heavy atom. The van der Waals surface area contributed by atoms with Gasteiger partial charge in [0.2, 0.25) is 0 Å². The zero-order valence-electron chi connectivity index (χ0n) is 10.6. The van der Waals surface area contributed by atoms with Crippen LogP contribution in [-0.4, -0.2) is 43.4 Å². The maximum Gasteiger partial charge on any atom is 0.145 e. The quantitative estimate of drug-likeness (QED) is 0.824. The molecule has 98 valence electrons. The van der Waals surface area contributed by atoms with Crippen molar-refractivity contribution in [2.24, 2.45) is 0 Å². The molecule has 1 N–H and O–H groups in total. The van der Waals surface area contributed by atoms with Crippen molar-refractivity contribution in [1.29, 1.82) is 5.26 Å². The van der Waals surface area contributed by atoms with Crippen molar-refractivity contribution in [2.75, 3.05) is 27.3 Å². The van der Waals surface area contributed by atoms with Crippen LogP contribution in [0.4, 0.5) is 4.39 Å². The van der Waals surface area contributed by atoms with Crippen molar-refractivity contribution in [3.05, 3.63) is 35.1 Å². The Morgan fingerprint density at radius 2 is 2.28 bits per heavy atom. The van der Waals surface area contributed by atoms with Gasteiger partial charge in [-0.15, -0.1) is 0 Å². The van der Waals surface area contributed by atoms with E-state index in [1.165, 1.54) is 13.2 Å². The Labute approximate surface area is 106 Å². The highest BCUT2D eigenvalue weighted by molar-refractivity contribution is 5.34. The number of hydrogen-bond donors (Lipinski definition) is 1. The highest BCUT2D eigenvalue weighted by atomic mass is 19.1. The molecule has 0 aliphatic rings. The molecule has 0 bridgehead atoms. The summed E-state index contributed by atoms with van der Waals surface area (Å²) in [4.78, 5) is 1.78. The second kappa shape index (κ2) is 7.07. The molecule has 0 heterocycles. The minimum absolute atomic E-state index is 0.0401. The van der Waals surface area contributed by atoms with Crippen molar-refractivity contribution in [3.8, 4) is 6.07 Å². The van der Waals surface area contributed by atoms with Crippen LogP contribution in [0.25, 0.3) is 0 Å². The van der Waals surface area contributed by atoms with Crippen LogP contribution in [0.2, 0.25) is 0 Å². The Bertz CT molecular complexity index is 431. The summed E-state index contributed by atoms with van der Waals surface area (Å²) in [5.41, 5.74) is 0.486. The Kier molecular flexibility index (Phi) is 5.72. The number of likely N-dealkylation sites (N-methyl/N-ethyl adjacent to an activating group) is 1. The fraction of sp³-hybridized carbons (Fsp3) is 0.462. The van der Waals surface area contributed by atoms with E-state index in [-0.39, 0.29) is 12.2 Å². The number of hydrogen-bond acceptors (Lipinski definition) is 4. The number of methoxy groups -OCH3 is 1. The summed E-state index contributed by atoms with van der Waals surface area (Å²) in [6.07, 6.45) is -0.609. The van der Waals surface area contributed by atoms with Gasteiger partial charge in [0.15, 0.2) is 0 Å². The van der Waals surface area contributed by atoms with Gasteiger partial charge < -0.3 is 9.84 Å². The second-order valence-electron chi connectivity index (χ2n) is 4.20. The van der Waals surface area contributed by atoms with Gasteiger partial charge in [-0.25, -0.2) is 4.39 Å². The average Bonchev–Trinajstić information content (AvgIpc) is 2.32. The fourth-order valence-electron chi connectivity index (χ4n) is 1.75. The number of nitriles is 1. The van der Waals surface area contributed by atoms with Crippen LogP contribution in [0.5, 0.6) is 0 Å². The topological polar surface area (TPSA) is 56.5 Å². The lowest BCUT2D eigenvalue weighted by Crippen LogP contribution is -2.31. The van der Waals surface area contributed by atoms with E-state index in [2.05, 4.69) is 0 Å². The first-order valence-electron chi connectivity index (χ1n) is 5.61. The third-order valence-electron chi connectivity index (χ3n) is 2.52. The van der Waals surface area contributed by atoms with E-state index in [9.17, 15) is 9.50 Å². The average molecular weight is 252 g/mol. The van der Waals surface area contributed by atoms with Crippen LogP contribution in [0.1, 0.15) is 11.1 Å². The molecule has 0 aliphatic carbocycles. The van der Waals surface area contributed by atoms with Gasteiger partial charge in [0.1, 0.15) is 11.9 Å². The zero-order valence-corrected chi connectivity index (χ0v) is 10.6. The van der Waals surface area contributed by atoms with Crippen molar-refractivity contribution >= 4 is 0 Å². The summed E-state index contributed by atoms with van der Waals surface area (Å²) >= 11 is 0. The molecular formula is C13H17FN2O2. The van der Waals surface area contributed by atoms with Gasteiger partial charge in [0.25, 0.3) is 0 Å². The molecule has 0 fully saturated rings. The Morgan fingerprint density at radius 3 is 2.89 bits per heavy atom. The lowest BCUT2D eigenvalue weighted by molar-refractivity contribution is 0.0417. The van der Waals surface area contributed by atoms with E-state index in [1.54, 1.807) is 24.1 Å². The molecule has 1 aromatic carbocycles. The molecule has 4 nitrogen and oxygen atoms in total. The highest BCUT2D eigenvalue weighted by Gasteiger charge is 2.12. The molecule has 0 saturated heterocycles. The molecule has 1 atom stereocenters. The van der Waals surface area contributed by atoms with Crippen LogP contribution in [0.3, 0.4) is 0 Å². The van der Waals surface area contributed by atoms with E-state index < -0.39 is 11.9 Å². The van der Waals surface area contributed by atoms with Crippen LogP contribution < -0.4 is 0 Å². The predicted molar refractivity (Wildman–Crippen MR) is 65.3 cm³/mol. The molecule has 0 aliphatic heterocycles. The lowest BCUT2D eigenvalue weighted by atomic mass is 10.1. The van der Waals surface area contributed by atoms with Crippen LogP contribution in [-0.2, 0) is 11.3 Å². The third kappa shape index (κ3) is 4.08. The van der Waals surface area contributed by atoms with E-state index in [4.69, 9.17) is 10.00 Å². The molecule has 0 radical (unpaired) electrons. The maximum atomic E-state index is 13.8. The van der Waals surface area contributed by atoms with E-state index in [1.807, 2.05) is 6.07 Å². The van der Waals surface area contributed by atoms with Gasteiger partial charge in [0, 0.05) is 25.8 Å². The summed E-state index contributed by atoms with van der Waals surface area (Å²) in [5.74, 6) is -0.493. The molecule has 18 heavy (non-hydrogen) atoms. The second-order valence-corrected chi connectivity index (χ2v) is 4.20. The summed E-state index contributed by atoms with van der Waals surface area (Å²) in [5, 5.41) is 18.3. The zero-order chi connectivity index (χ0) is 13.5. The van der Waals surface area contributed by atoms with Gasteiger partial charge in [0.05, 0.1) is 18.3 Å². The number of aliphatic hydroxyl groups is 1. The molecule has 1 unspecified atom stereocenters. The van der Waals surface area contributed by atoms with Gasteiger partial charge >= 0.3 is 0 Å². The molecule has 0 saturated carbocycles. The molecule has 0 amide bonds. The third-order valence-corrected chi connectivity index (χ3v) is 2.52. The first-order valence-corrected chi connectivity index (χ1v) is 5.61. The molecular weight excluding hydrogens is 235 g/mol. The van der Waals surface area contributed by atoms with Crippen LogP contribution >= 0.6 is 0 Å². The highest BCUT2D eigenvalue weighted by Crippen LogP contribution is 2.13. The number of aliphatic hydroxyl groups excluding tert-OH is 1. The maximum absolute atomic E-state index is 13.8. The minimum atomic E-state index is -0.609. The number of halogens is 1. The predicted octanol–water partition coefficient (Wildman–Crippen LogP) is 1.14. The molecule has 0 spiro atoms. The molecule has 1 aromatic rings. The fourth-order valence-corrected chi connectivity index (χ4v) is 1.75. The molecule has 5 heteroatoms. The lowest BCUT2D eigenvalue weighted by Gasteiger charge is -2.20. The summed E-state index contributed by atoms with van der Waals surface area (Å²) in [6.45, 7) is 0.956. The SMILES string of the molecule is COCC(O)CN(C)Cc1cccc(C#N)c1F. The molecule has 0 aromatic heterocycles. The normalized spacial score (nSPS) is 12.4. The van der Waals surface area contributed by atoms with Gasteiger partial charge in [-0.05, 0) is 13.1 Å². The largest absolute Gasteiger partial charge is 0.389 e. The van der Waals surface area contributed by atoms with Crippen LogP contribution in [0.15, 0.2) is 18.2 Å². The van der Waals surface area contributed by atoms with E-state index in [0.717, 1.165) is 0 Å². The Balaban J connectivity index is 2.65. The van der Waals surface area contributed by atoms with Gasteiger partial charge in [-0.3, -0.25) is 4.90 Å². The van der Waals surface area contributed by atoms with Crippen molar-refractivity contribution in [3.63, 3.8) is 0 Å². The smallest absolute Gasteiger partial charge is 0.145 e. The summed E-state index contributed by atoms with van der Waals surface area (Å²) in [6, 6.07) is 6.53. The number of rotatable bonds is 6. The van der Waals surface area contributed by atoms with Crippen LogP contribution in [0, 0.1) is 17.1 Å². The standard InChI is InChI=1S/C13H17FN2O2/c1-16(8-12(17)9-18-2)7-11-5-3-4-10(6-15)13(11)14/h3-5,12,17H,7-9H2,1-2H3. The van der Waals surface area contributed by atoms with Crippen molar-refractivity contribution in [2.45, 2.75) is 12.6 Å². The first-order chi connectivity index (χ1) is 8.58. The number of ether oxygens (including phenoxy) is 1. The monoisotopic (exact) mass is 252 g/mol. The summed E-state index contributed by atoms with van der Waals surface area (Å²) in [7, 11) is 3.29. The van der Waals surface area contributed by atoms with E-state index in [0.29, 0.717) is 18.7 Å². The first kappa shape index (κ1) is 14.6. The number of benzene rings is 1. The molecule has 1 rings (SSSR count). The van der Waals surface area contributed by atoms with Gasteiger partial charge in [-0.1, -0.05) is 12.1 Å². The van der Waals surface area contributed by atoms with Gasteiger partial charge in [-0.2, -0.15) is 5.26 Å². The number of nitrogens with zero attached hydrogens (tertiary/aromatic N) is 2. The summed E-state index contributed by atoms with van der Waals surface area (Å²) < 4.78 is 18.6. The van der Waals surface area contributed by atoms with E-state index >= 15 is 0 Å². The Hall–Kier alpha value is -1.48. The van der Waals surface area contributed by atoms with Crippen molar-refractivity contribution in [1.82, 2.24) is 4.90 Å². The minimum Gasteiger partial charge on any atom is -0.389 e.